The van der Waals surface area contributed by atoms with Crippen molar-refractivity contribution < 1.29 is 34.4 Å². The summed E-state index contributed by atoms with van der Waals surface area (Å²) < 4.78 is 5.25. The van der Waals surface area contributed by atoms with Crippen LogP contribution in [0.4, 0.5) is 0 Å². The van der Waals surface area contributed by atoms with E-state index in [2.05, 4.69) is 5.32 Å². The standard InChI is InChI=1S/C21H26ClNO3.C2H2O4/c22-19-13-7-6-12-18(19)20(24)16-23-14-8-1-2-9-15-26-21(25)17-10-4-3-5-11-17;3-1(4)2(5)6/h3-7,10-13,20,23-24H,1-2,8-9,14-16H2;(H,3,4)(H,5,6). The molecule has 0 saturated carbocycles. The van der Waals surface area contributed by atoms with Gasteiger partial charge in [-0.3, -0.25) is 0 Å². The predicted octanol–water partition coefficient (Wildman–Crippen LogP) is 3.54. The second-order valence-corrected chi connectivity index (χ2v) is 7.18. The fourth-order valence-electron chi connectivity index (χ4n) is 2.62. The maximum absolute atomic E-state index is 11.8. The number of carbonyl (C=O) groups is 3. The Morgan fingerprint density at radius 1 is 0.875 bits per heavy atom. The van der Waals surface area contributed by atoms with Crippen molar-refractivity contribution in [3.05, 3.63) is 70.7 Å². The summed E-state index contributed by atoms with van der Waals surface area (Å²) in [6.07, 6.45) is 3.35. The Morgan fingerprint density at radius 3 is 2.09 bits per heavy atom. The van der Waals surface area contributed by atoms with Crippen molar-refractivity contribution in [2.24, 2.45) is 0 Å². The zero-order chi connectivity index (χ0) is 23.8. The molecule has 1 unspecified atom stereocenters. The molecule has 2 aromatic carbocycles. The van der Waals surface area contributed by atoms with Gasteiger partial charge in [-0.2, -0.15) is 0 Å². The van der Waals surface area contributed by atoms with Crippen LogP contribution in [0.1, 0.15) is 47.7 Å². The number of unbranched alkanes of at least 4 members (excludes halogenated alkanes) is 3. The number of hydrogen-bond donors (Lipinski definition) is 4. The number of halogens is 1. The average Bonchev–Trinajstić information content (AvgIpc) is 2.78. The van der Waals surface area contributed by atoms with E-state index in [0.717, 1.165) is 37.8 Å². The molecule has 0 saturated heterocycles. The fourth-order valence-corrected chi connectivity index (χ4v) is 2.88. The van der Waals surface area contributed by atoms with E-state index >= 15 is 0 Å². The lowest BCUT2D eigenvalue weighted by Crippen LogP contribution is -2.22. The number of aliphatic hydroxyl groups excluding tert-OH is 1. The number of nitrogens with one attached hydrogen (secondary N) is 1. The normalized spacial score (nSPS) is 11.1. The summed E-state index contributed by atoms with van der Waals surface area (Å²) >= 11 is 6.07. The number of aliphatic hydroxyl groups is 1. The van der Waals surface area contributed by atoms with Gasteiger partial charge in [-0.15, -0.1) is 0 Å². The summed E-state index contributed by atoms with van der Waals surface area (Å²) in [4.78, 5) is 30.0. The summed E-state index contributed by atoms with van der Waals surface area (Å²) in [7, 11) is 0. The van der Waals surface area contributed by atoms with Gasteiger partial charge >= 0.3 is 17.9 Å². The van der Waals surface area contributed by atoms with Crippen LogP contribution in [0, 0.1) is 0 Å². The van der Waals surface area contributed by atoms with Crippen LogP contribution in [0.2, 0.25) is 5.02 Å². The first-order chi connectivity index (χ1) is 15.3. The summed E-state index contributed by atoms with van der Waals surface area (Å²) in [6, 6.07) is 16.4. The Bertz CT molecular complexity index is 833. The van der Waals surface area contributed by atoms with Crippen LogP contribution in [-0.2, 0) is 14.3 Å². The molecule has 2 rings (SSSR count). The summed E-state index contributed by atoms with van der Waals surface area (Å²) in [6.45, 7) is 1.77. The van der Waals surface area contributed by atoms with Crippen molar-refractivity contribution >= 4 is 29.5 Å². The van der Waals surface area contributed by atoms with E-state index in [4.69, 9.17) is 36.1 Å². The van der Waals surface area contributed by atoms with Gasteiger partial charge in [0.05, 0.1) is 18.3 Å². The zero-order valence-electron chi connectivity index (χ0n) is 17.6. The second-order valence-electron chi connectivity index (χ2n) is 6.77. The highest BCUT2D eigenvalue weighted by Crippen LogP contribution is 2.21. The average molecular weight is 466 g/mol. The van der Waals surface area contributed by atoms with Gasteiger partial charge in [-0.05, 0) is 37.6 Å². The van der Waals surface area contributed by atoms with Gasteiger partial charge in [-0.1, -0.05) is 60.8 Å². The molecule has 174 valence electrons. The van der Waals surface area contributed by atoms with Gasteiger partial charge < -0.3 is 25.4 Å². The minimum atomic E-state index is -1.82. The number of carbonyl (C=O) groups excluding carboxylic acids is 1. The van der Waals surface area contributed by atoms with Crippen LogP contribution in [0.3, 0.4) is 0 Å². The van der Waals surface area contributed by atoms with Crippen molar-refractivity contribution in [1.29, 1.82) is 0 Å². The lowest BCUT2D eigenvalue weighted by molar-refractivity contribution is -0.159. The summed E-state index contributed by atoms with van der Waals surface area (Å²) in [5.74, 6) is -3.91. The maximum Gasteiger partial charge on any atom is 0.414 e. The Hall–Kier alpha value is -2.94. The predicted molar refractivity (Wildman–Crippen MR) is 120 cm³/mol. The van der Waals surface area contributed by atoms with Gasteiger partial charge in [-0.25, -0.2) is 14.4 Å². The first-order valence-electron chi connectivity index (χ1n) is 10.1. The summed E-state index contributed by atoms with van der Waals surface area (Å²) in [5, 5.41) is 28.7. The van der Waals surface area contributed by atoms with Crippen molar-refractivity contribution in [2.45, 2.75) is 31.8 Å². The lowest BCUT2D eigenvalue weighted by atomic mass is 10.1. The molecule has 0 aromatic heterocycles. The van der Waals surface area contributed by atoms with E-state index in [1.165, 1.54) is 0 Å². The maximum atomic E-state index is 11.8. The SMILES string of the molecule is O=C(O)C(=O)O.O=C(OCCCCCCNCC(O)c1ccccc1Cl)c1ccccc1. The van der Waals surface area contributed by atoms with Gasteiger partial charge in [0.25, 0.3) is 0 Å². The molecule has 32 heavy (non-hydrogen) atoms. The molecule has 0 spiro atoms. The lowest BCUT2D eigenvalue weighted by Gasteiger charge is -2.13. The highest BCUT2D eigenvalue weighted by molar-refractivity contribution is 6.31. The molecule has 0 heterocycles. The molecule has 9 heteroatoms. The molecule has 0 radical (unpaired) electrons. The monoisotopic (exact) mass is 465 g/mol. The molecule has 0 aliphatic rings. The smallest absolute Gasteiger partial charge is 0.414 e. The van der Waals surface area contributed by atoms with Gasteiger partial charge in [0.15, 0.2) is 0 Å². The van der Waals surface area contributed by atoms with Gasteiger partial charge in [0.2, 0.25) is 0 Å². The third-order valence-corrected chi connectivity index (χ3v) is 4.62. The minimum absolute atomic E-state index is 0.263. The van der Waals surface area contributed by atoms with E-state index in [9.17, 15) is 9.90 Å². The summed E-state index contributed by atoms with van der Waals surface area (Å²) in [5.41, 5.74) is 1.34. The highest BCUT2D eigenvalue weighted by Gasteiger charge is 2.10. The molecular weight excluding hydrogens is 438 g/mol. The molecule has 8 nitrogen and oxygen atoms in total. The van der Waals surface area contributed by atoms with Gasteiger partial charge in [0, 0.05) is 17.1 Å². The number of hydrogen-bond acceptors (Lipinski definition) is 6. The van der Waals surface area contributed by atoms with E-state index in [-0.39, 0.29) is 5.97 Å². The highest BCUT2D eigenvalue weighted by atomic mass is 35.5. The van der Waals surface area contributed by atoms with Crippen LogP contribution in [0.15, 0.2) is 54.6 Å². The first kappa shape index (κ1) is 27.1. The molecule has 0 aliphatic carbocycles. The molecule has 4 N–H and O–H groups in total. The molecule has 0 aliphatic heterocycles. The molecule has 0 fully saturated rings. The molecule has 1 atom stereocenters. The van der Waals surface area contributed by atoms with E-state index < -0.39 is 18.0 Å². The topological polar surface area (TPSA) is 133 Å². The molecular formula is C23H28ClNO7. The Balaban J connectivity index is 0.000000751. The fraction of sp³-hybridized carbons (Fsp3) is 0.348. The minimum Gasteiger partial charge on any atom is -0.473 e. The molecule has 0 amide bonds. The van der Waals surface area contributed by atoms with Crippen molar-refractivity contribution in [1.82, 2.24) is 5.32 Å². The van der Waals surface area contributed by atoms with Crippen LogP contribution in [0.5, 0.6) is 0 Å². The van der Waals surface area contributed by atoms with E-state index in [1.807, 2.05) is 36.4 Å². The van der Waals surface area contributed by atoms with E-state index in [1.54, 1.807) is 18.2 Å². The first-order valence-corrected chi connectivity index (χ1v) is 10.5. The second kappa shape index (κ2) is 15.8. The number of ether oxygens (including phenoxy) is 1. The quantitative estimate of drug-likeness (QED) is 0.225. The zero-order valence-corrected chi connectivity index (χ0v) is 18.3. The number of carboxylic acids is 2. The number of esters is 1. The number of carboxylic acid groups (broad SMARTS) is 2. The van der Waals surface area contributed by atoms with Crippen LogP contribution in [0.25, 0.3) is 0 Å². The third kappa shape index (κ3) is 11.5. The number of rotatable bonds is 11. The largest absolute Gasteiger partial charge is 0.473 e. The molecule has 2 aromatic rings. The van der Waals surface area contributed by atoms with Gasteiger partial charge in [0.1, 0.15) is 0 Å². The van der Waals surface area contributed by atoms with Crippen LogP contribution >= 0.6 is 11.6 Å². The Labute approximate surface area is 191 Å². The number of benzene rings is 2. The Morgan fingerprint density at radius 2 is 1.47 bits per heavy atom. The van der Waals surface area contributed by atoms with Crippen LogP contribution in [-0.4, -0.2) is 52.9 Å². The van der Waals surface area contributed by atoms with Crippen molar-refractivity contribution in [2.75, 3.05) is 19.7 Å². The third-order valence-electron chi connectivity index (χ3n) is 4.28. The Kier molecular flexibility index (Phi) is 13.4. The van der Waals surface area contributed by atoms with Crippen molar-refractivity contribution in [3.8, 4) is 0 Å². The van der Waals surface area contributed by atoms with Crippen molar-refractivity contribution in [3.63, 3.8) is 0 Å². The number of aliphatic carboxylic acids is 2. The van der Waals surface area contributed by atoms with E-state index in [0.29, 0.717) is 23.7 Å². The molecule has 0 bridgehead atoms. The van der Waals surface area contributed by atoms with Crippen LogP contribution < -0.4 is 5.32 Å².